The SMILES string of the molecule is C#CCOc1c(/C=C2\SC(=Nc3ccc(Cl)c(C(=O)O)c3)NC2=O)cc(Br)cc1OC. The summed E-state index contributed by atoms with van der Waals surface area (Å²) in [7, 11) is 1.50. The average molecular weight is 522 g/mol. The zero-order valence-corrected chi connectivity index (χ0v) is 19.1. The predicted molar refractivity (Wildman–Crippen MR) is 124 cm³/mol. The molecule has 0 saturated carbocycles. The van der Waals surface area contributed by atoms with Gasteiger partial charge in [-0.2, -0.15) is 0 Å². The number of nitrogens with zero attached hydrogens (tertiary/aromatic N) is 1. The minimum absolute atomic E-state index is 0.0304. The summed E-state index contributed by atoms with van der Waals surface area (Å²) in [6.07, 6.45) is 6.93. The number of hydrogen-bond donors (Lipinski definition) is 2. The van der Waals surface area contributed by atoms with E-state index in [-0.39, 0.29) is 23.1 Å². The van der Waals surface area contributed by atoms with E-state index in [9.17, 15) is 14.7 Å². The smallest absolute Gasteiger partial charge is 0.337 e. The standard InChI is InChI=1S/C21H14BrClN2O5S/c1-3-6-30-18-11(7-12(22)9-16(18)29-2)8-17-19(26)25-21(31-17)24-13-4-5-15(23)14(10-13)20(27)28/h1,4-5,7-10H,6H2,2H3,(H,27,28)(H,24,25,26)/b17-8-. The summed E-state index contributed by atoms with van der Waals surface area (Å²) in [5, 5.41) is 12.2. The number of nitrogens with one attached hydrogen (secondary N) is 1. The van der Waals surface area contributed by atoms with Gasteiger partial charge >= 0.3 is 5.97 Å². The fourth-order valence-electron chi connectivity index (χ4n) is 2.60. The van der Waals surface area contributed by atoms with E-state index in [2.05, 4.69) is 32.2 Å². The van der Waals surface area contributed by atoms with Crippen molar-refractivity contribution in [2.45, 2.75) is 0 Å². The molecule has 2 N–H and O–H groups in total. The highest BCUT2D eigenvalue weighted by atomic mass is 79.9. The first-order valence-corrected chi connectivity index (χ1v) is 10.6. The lowest BCUT2D eigenvalue weighted by Crippen LogP contribution is -2.19. The van der Waals surface area contributed by atoms with E-state index in [4.69, 9.17) is 27.5 Å². The van der Waals surface area contributed by atoms with Crippen molar-refractivity contribution in [1.82, 2.24) is 5.32 Å². The van der Waals surface area contributed by atoms with Gasteiger partial charge in [0.1, 0.15) is 6.61 Å². The van der Waals surface area contributed by atoms with E-state index in [0.29, 0.717) is 32.8 Å². The fourth-order valence-corrected chi connectivity index (χ4v) is 4.09. The van der Waals surface area contributed by atoms with Crippen LogP contribution in [0.1, 0.15) is 15.9 Å². The fraction of sp³-hybridized carbons (Fsp3) is 0.0952. The highest BCUT2D eigenvalue weighted by Gasteiger charge is 2.25. The number of carbonyl (C=O) groups is 2. The molecule has 1 amide bonds. The van der Waals surface area contributed by atoms with Crippen LogP contribution >= 0.6 is 39.3 Å². The third-order valence-electron chi connectivity index (χ3n) is 3.92. The van der Waals surface area contributed by atoms with E-state index in [0.717, 1.165) is 16.2 Å². The average Bonchev–Trinajstić information content (AvgIpc) is 3.06. The normalized spacial score (nSPS) is 15.6. The largest absolute Gasteiger partial charge is 0.493 e. The zero-order valence-electron chi connectivity index (χ0n) is 15.9. The number of aromatic carboxylic acids is 1. The lowest BCUT2D eigenvalue weighted by atomic mass is 10.1. The van der Waals surface area contributed by atoms with E-state index >= 15 is 0 Å². The Morgan fingerprint density at radius 3 is 2.87 bits per heavy atom. The molecule has 7 nitrogen and oxygen atoms in total. The van der Waals surface area contributed by atoms with Crippen molar-refractivity contribution in [3.8, 4) is 23.8 Å². The summed E-state index contributed by atoms with van der Waals surface area (Å²) in [6, 6.07) is 7.81. The van der Waals surface area contributed by atoms with Gasteiger partial charge in [-0.1, -0.05) is 33.5 Å². The molecule has 1 aliphatic rings. The topological polar surface area (TPSA) is 97.2 Å². The van der Waals surface area contributed by atoms with E-state index in [1.54, 1.807) is 24.3 Å². The second kappa shape index (κ2) is 9.92. The Morgan fingerprint density at radius 1 is 1.42 bits per heavy atom. The summed E-state index contributed by atoms with van der Waals surface area (Å²) < 4.78 is 11.7. The van der Waals surface area contributed by atoms with Crippen molar-refractivity contribution in [3.05, 3.63) is 55.9 Å². The molecule has 2 aromatic carbocycles. The molecule has 1 fully saturated rings. The Bertz CT molecular complexity index is 1170. The van der Waals surface area contributed by atoms with Gasteiger partial charge in [0.05, 0.1) is 28.3 Å². The molecule has 0 aliphatic carbocycles. The number of carbonyl (C=O) groups excluding carboxylic acids is 1. The first kappa shape index (κ1) is 22.7. The summed E-state index contributed by atoms with van der Waals surface area (Å²) in [5.74, 6) is 1.72. The highest BCUT2D eigenvalue weighted by Crippen LogP contribution is 2.38. The molecule has 1 saturated heterocycles. The van der Waals surface area contributed by atoms with Gasteiger partial charge in [-0.15, -0.1) is 6.42 Å². The van der Waals surface area contributed by atoms with Crippen molar-refractivity contribution in [2.75, 3.05) is 13.7 Å². The summed E-state index contributed by atoms with van der Waals surface area (Å²) in [5.41, 5.74) is 0.846. The summed E-state index contributed by atoms with van der Waals surface area (Å²) >= 11 is 10.4. The minimum Gasteiger partial charge on any atom is -0.493 e. The molecular weight excluding hydrogens is 508 g/mol. The van der Waals surface area contributed by atoms with E-state index in [1.807, 2.05) is 0 Å². The van der Waals surface area contributed by atoms with Crippen LogP contribution in [0.15, 0.2) is 44.7 Å². The van der Waals surface area contributed by atoms with Crippen LogP contribution in [-0.2, 0) is 4.79 Å². The van der Waals surface area contributed by atoms with E-state index < -0.39 is 5.97 Å². The number of methoxy groups -OCH3 is 1. The van der Waals surface area contributed by atoms with Crippen LogP contribution in [0, 0.1) is 12.3 Å². The first-order valence-electron chi connectivity index (χ1n) is 8.58. The number of aliphatic imine (C=N–C) groups is 1. The molecule has 31 heavy (non-hydrogen) atoms. The van der Waals surface area contributed by atoms with Crippen molar-refractivity contribution < 1.29 is 24.2 Å². The van der Waals surface area contributed by atoms with Gasteiger partial charge in [-0.05, 0) is 48.2 Å². The molecule has 158 valence electrons. The first-order chi connectivity index (χ1) is 14.8. The number of rotatable bonds is 6. The Labute approximate surface area is 195 Å². The molecule has 0 atom stereocenters. The van der Waals surface area contributed by atoms with Crippen molar-refractivity contribution in [2.24, 2.45) is 4.99 Å². The number of halogens is 2. The monoisotopic (exact) mass is 520 g/mol. The molecule has 0 unspecified atom stereocenters. The maximum atomic E-state index is 12.5. The van der Waals surface area contributed by atoms with Crippen molar-refractivity contribution >= 4 is 68.1 Å². The van der Waals surface area contributed by atoms with Gasteiger partial charge in [-0.3, -0.25) is 4.79 Å². The molecular formula is C21H14BrClN2O5S. The maximum absolute atomic E-state index is 12.5. The van der Waals surface area contributed by atoms with Crippen LogP contribution in [0.25, 0.3) is 6.08 Å². The highest BCUT2D eigenvalue weighted by molar-refractivity contribution is 9.10. The molecule has 1 aliphatic heterocycles. The molecule has 2 aromatic rings. The van der Waals surface area contributed by atoms with Crippen LogP contribution < -0.4 is 14.8 Å². The molecule has 0 aromatic heterocycles. The van der Waals surface area contributed by atoms with Gasteiger partial charge in [0.2, 0.25) is 0 Å². The van der Waals surface area contributed by atoms with Crippen LogP contribution in [0.4, 0.5) is 5.69 Å². The number of carboxylic acids is 1. The van der Waals surface area contributed by atoms with Gasteiger partial charge in [0.15, 0.2) is 16.7 Å². The number of terminal acetylenes is 1. The Morgan fingerprint density at radius 2 is 2.19 bits per heavy atom. The quantitative estimate of drug-likeness (QED) is 0.422. The van der Waals surface area contributed by atoms with Crippen LogP contribution in [0.2, 0.25) is 5.02 Å². The molecule has 1 heterocycles. The van der Waals surface area contributed by atoms with Gasteiger partial charge in [-0.25, -0.2) is 9.79 Å². The maximum Gasteiger partial charge on any atom is 0.337 e. The molecule has 0 bridgehead atoms. The number of thioether (sulfide) groups is 1. The molecule has 0 spiro atoms. The van der Waals surface area contributed by atoms with Crippen molar-refractivity contribution in [1.29, 1.82) is 0 Å². The lowest BCUT2D eigenvalue weighted by molar-refractivity contribution is -0.115. The van der Waals surface area contributed by atoms with Gasteiger partial charge < -0.3 is 19.9 Å². The third-order valence-corrected chi connectivity index (χ3v) is 5.61. The van der Waals surface area contributed by atoms with Crippen LogP contribution in [-0.4, -0.2) is 35.9 Å². The van der Waals surface area contributed by atoms with Crippen molar-refractivity contribution in [3.63, 3.8) is 0 Å². The zero-order chi connectivity index (χ0) is 22.5. The van der Waals surface area contributed by atoms with E-state index in [1.165, 1.54) is 19.2 Å². The molecule has 3 rings (SSSR count). The lowest BCUT2D eigenvalue weighted by Gasteiger charge is -2.12. The summed E-state index contributed by atoms with van der Waals surface area (Å²) in [4.78, 5) is 28.4. The predicted octanol–water partition coefficient (Wildman–Crippen LogP) is 4.71. The number of carboxylic acid groups (broad SMARTS) is 1. The Balaban J connectivity index is 1.94. The third kappa shape index (κ3) is 5.41. The Hall–Kier alpha value is -2.93. The molecule has 0 radical (unpaired) electrons. The summed E-state index contributed by atoms with van der Waals surface area (Å²) in [6.45, 7) is 0.0304. The van der Waals surface area contributed by atoms with Gasteiger partial charge in [0, 0.05) is 10.0 Å². The number of ether oxygens (including phenoxy) is 2. The number of benzene rings is 2. The second-order valence-corrected chi connectivity index (χ2v) is 8.32. The van der Waals surface area contributed by atoms with Crippen LogP contribution in [0.3, 0.4) is 0 Å². The second-order valence-electron chi connectivity index (χ2n) is 5.97. The van der Waals surface area contributed by atoms with Gasteiger partial charge in [0.25, 0.3) is 5.91 Å². The Kier molecular flexibility index (Phi) is 7.28. The number of amidine groups is 1. The number of hydrogen-bond acceptors (Lipinski definition) is 6. The molecule has 10 heteroatoms. The minimum atomic E-state index is -1.17. The number of amides is 1. The van der Waals surface area contributed by atoms with Crippen LogP contribution in [0.5, 0.6) is 11.5 Å².